The van der Waals surface area contributed by atoms with Gasteiger partial charge in [0.05, 0.1) is 23.2 Å². The van der Waals surface area contributed by atoms with Gasteiger partial charge >= 0.3 is 0 Å². The van der Waals surface area contributed by atoms with Crippen LogP contribution in [-0.2, 0) is 0 Å². The van der Waals surface area contributed by atoms with Crippen molar-refractivity contribution in [3.63, 3.8) is 0 Å². The maximum atomic E-state index is 2.46. The maximum absolute atomic E-state index is 2.46. The van der Waals surface area contributed by atoms with Crippen LogP contribution in [0.4, 0.5) is 0 Å². The minimum absolute atomic E-state index is 0.139. The Hall–Kier alpha value is -0.530. The van der Waals surface area contributed by atoms with Crippen LogP contribution in [0.2, 0.25) is 0 Å². The third kappa shape index (κ3) is 5.10. The lowest BCUT2D eigenvalue weighted by Gasteiger charge is -2.39. The minimum Gasteiger partial charge on any atom is -0.264 e. The van der Waals surface area contributed by atoms with Crippen LogP contribution in [0.15, 0.2) is 0 Å². The van der Waals surface area contributed by atoms with Crippen molar-refractivity contribution in [3.05, 3.63) is 0 Å². The summed E-state index contributed by atoms with van der Waals surface area (Å²) in [6, 6.07) is 1.06. The molecule has 0 aromatic rings. The van der Waals surface area contributed by atoms with Crippen LogP contribution >= 0.6 is 0 Å². The Labute approximate surface area is 109 Å². The Balaban J connectivity index is 5.43. The van der Waals surface area contributed by atoms with Crippen molar-refractivity contribution in [3.8, 4) is 0 Å². The van der Waals surface area contributed by atoms with Gasteiger partial charge in [-0.15, -0.1) is 0 Å². The summed E-state index contributed by atoms with van der Waals surface area (Å²) in [5.41, 5.74) is 0.278. The third-order valence-electron chi connectivity index (χ3n) is 2.89. The van der Waals surface area contributed by atoms with Crippen LogP contribution in [-0.4, -0.2) is 39.0 Å². The summed E-state index contributed by atoms with van der Waals surface area (Å²) in [4.78, 5) is 2.46. The van der Waals surface area contributed by atoms with Crippen molar-refractivity contribution in [1.82, 2.24) is 4.90 Å². The van der Waals surface area contributed by atoms with Crippen molar-refractivity contribution in [2.75, 3.05) is 0 Å². The van der Waals surface area contributed by atoms with Crippen molar-refractivity contribution in [1.29, 1.82) is 0 Å². The van der Waals surface area contributed by atoms with E-state index in [0.29, 0.717) is 12.1 Å². The summed E-state index contributed by atoms with van der Waals surface area (Å²) in [7, 11) is 0. The maximum Gasteiger partial charge on any atom is 0.235 e. The van der Waals surface area contributed by atoms with Gasteiger partial charge in [-0.1, -0.05) is 0 Å². The van der Waals surface area contributed by atoms with Crippen LogP contribution in [0.5, 0.6) is 0 Å². The first-order valence-electron chi connectivity index (χ1n) is 6.79. The van der Waals surface area contributed by atoms with Gasteiger partial charge in [-0.05, 0) is 69.2 Å². The molecule has 0 saturated carbocycles. The standard InChI is InChI=1S/C15H33N2/c1-12(2)16(13(3)4)11-17(14(5,6)7)15(8,9)10/h11-13H,1-10H3/q+1. The van der Waals surface area contributed by atoms with Crippen LogP contribution < -0.4 is 0 Å². The van der Waals surface area contributed by atoms with Gasteiger partial charge in [0.1, 0.15) is 0 Å². The van der Waals surface area contributed by atoms with E-state index in [4.69, 9.17) is 0 Å². The second kappa shape index (κ2) is 5.41. The Morgan fingerprint density at radius 2 is 1.06 bits per heavy atom. The van der Waals surface area contributed by atoms with Crippen molar-refractivity contribution in [2.45, 2.75) is 92.4 Å². The van der Waals surface area contributed by atoms with Crippen molar-refractivity contribution >= 4 is 6.34 Å². The van der Waals surface area contributed by atoms with Crippen LogP contribution in [0.25, 0.3) is 0 Å². The highest BCUT2D eigenvalue weighted by molar-refractivity contribution is 5.52. The fraction of sp³-hybridized carbons (Fsp3) is 0.933. The Morgan fingerprint density at radius 3 is 1.24 bits per heavy atom. The van der Waals surface area contributed by atoms with Gasteiger partial charge in [0.2, 0.25) is 6.34 Å². The molecule has 0 aliphatic rings. The van der Waals surface area contributed by atoms with E-state index in [1.165, 1.54) is 0 Å². The molecule has 17 heavy (non-hydrogen) atoms. The van der Waals surface area contributed by atoms with Gasteiger partial charge in [0, 0.05) is 0 Å². The first-order chi connectivity index (χ1) is 7.37. The predicted molar refractivity (Wildman–Crippen MR) is 77.9 cm³/mol. The highest BCUT2D eigenvalue weighted by Gasteiger charge is 2.36. The summed E-state index contributed by atoms with van der Waals surface area (Å²) < 4.78 is 2.43. The van der Waals surface area contributed by atoms with Crippen LogP contribution in [0.1, 0.15) is 69.2 Å². The van der Waals surface area contributed by atoms with E-state index in [1.807, 2.05) is 0 Å². The van der Waals surface area contributed by atoms with E-state index < -0.39 is 0 Å². The fourth-order valence-corrected chi connectivity index (χ4v) is 2.35. The first kappa shape index (κ1) is 16.5. The molecule has 0 aromatic carbocycles. The minimum atomic E-state index is 0.139. The van der Waals surface area contributed by atoms with E-state index in [9.17, 15) is 0 Å². The average Bonchev–Trinajstić information content (AvgIpc) is 1.96. The first-order valence-corrected chi connectivity index (χ1v) is 6.79. The van der Waals surface area contributed by atoms with Gasteiger partial charge in [0.25, 0.3) is 0 Å². The quantitative estimate of drug-likeness (QED) is 0.414. The predicted octanol–water partition coefficient (Wildman–Crippen LogP) is 3.74. The van der Waals surface area contributed by atoms with E-state index >= 15 is 0 Å². The molecule has 0 saturated heterocycles. The topological polar surface area (TPSA) is 6.25 Å². The van der Waals surface area contributed by atoms with E-state index in [-0.39, 0.29) is 11.1 Å². The summed E-state index contributed by atoms with van der Waals surface area (Å²) in [5.74, 6) is 0. The van der Waals surface area contributed by atoms with Crippen LogP contribution in [0.3, 0.4) is 0 Å². The lowest BCUT2D eigenvalue weighted by Crippen LogP contribution is -2.54. The van der Waals surface area contributed by atoms with Gasteiger partial charge < -0.3 is 0 Å². The summed E-state index contributed by atoms with van der Waals surface area (Å²) >= 11 is 0. The number of hydrogen-bond donors (Lipinski definition) is 0. The highest BCUT2D eigenvalue weighted by Crippen LogP contribution is 2.22. The van der Waals surface area contributed by atoms with Gasteiger partial charge in [-0.25, -0.2) is 0 Å². The molecule has 0 radical (unpaired) electrons. The molecular weight excluding hydrogens is 208 g/mol. The summed E-state index contributed by atoms with van der Waals surface area (Å²) in [5, 5.41) is 0. The smallest absolute Gasteiger partial charge is 0.235 e. The molecule has 0 aliphatic heterocycles. The molecular formula is C15H33N2+. The van der Waals surface area contributed by atoms with Crippen LogP contribution in [0, 0.1) is 0 Å². The molecule has 102 valence electrons. The molecule has 0 aromatic heterocycles. The molecule has 2 heteroatoms. The van der Waals surface area contributed by atoms with E-state index in [1.54, 1.807) is 0 Å². The van der Waals surface area contributed by atoms with E-state index in [0.717, 1.165) is 0 Å². The second-order valence-electron chi connectivity index (χ2n) is 7.46. The zero-order chi connectivity index (χ0) is 14.0. The number of hydrogen-bond acceptors (Lipinski definition) is 0. The van der Waals surface area contributed by atoms with Gasteiger partial charge in [0.15, 0.2) is 0 Å². The monoisotopic (exact) mass is 241 g/mol. The molecule has 0 heterocycles. The third-order valence-corrected chi connectivity index (χ3v) is 2.89. The molecule has 0 bridgehead atoms. The normalized spacial score (nSPS) is 13.2. The second-order valence-corrected chi connectivity index (χ2v) is 7.46. The molecule has 0 spiro atoms. The number of rotatable bonds is 3. The van der Waals surface area contributed by atoms with Crippen molar-refractivity contribution in [2.24, 2.45) is 0 Å². The molecule has 0 aliphatic carbocycles. The summed E-state index contributed by atoms with van der Waals surface area (Å²) in [6.45, 7) is 22.6. The molecule has 0 rings (SSSR count). The van der Waals surface area contributed by atoms with Gasteiger partial charge in [-0.3, -0.25) is 9.48 Å². The largest absolute Gasteiger partial charge is 0.264 e. The Morgan fingerprint density at radius 1 is 0.765 bits per heavy atom. The molecule has 0 fully saturated rings. The molecule has 0 N–H and O–H groups in total. The molecule has 2 nitrogen and oxygen atoms in total. The number of nitrogens with zero attached hydrogens (tertiary/aromatic N) is 2. The lowest BCUT2D eigenvalue weighted by molar-refractivity contribution is -0.588. The Bertz CT molecular complexity index is 238. The van der Waals surface area contributed by atoms with Crippen molar-refractivity contribution < 1.29 is 4.58 Å². The van der Waals surface area contributed by atoms with Gasteiger partial charge in [-0.2, -0.15) is 0 Å². The SMILES string of the molecule is CC(C)[N+](=CN(C(C)(C)C)C(C)(C)C)C(C)C. The molecule has 0 atom stereocenters. The zero-order valence-electron chi connectivity index (χ0n) is 13.6. The highest BCUT2D eigenvalue weighted by atomic mass is 15.3. The fourth-order valence-electron chi connectivity index (χ4n) is 2.35. The average molecular weight is 241 g/mol. The lowest BCUT2D eigenvalue weighted by atomic mass is 9.97. The van der Waals surface area contributed by atoms with E-state index in [2.05, 4.69) is 85.1 Å². The zero-order valence-corrected chi connectivity index (χ0v) is 13.6. The Kier molecular flexibility index (Phi) is 5.24. The molecule has 0 amide bonds. The molecule has 0 unspecified atom stereocenters. The summed E-state index contributed by atoms with van der Waals surface area (Å²) in [6.07, 6.45) is 2.31.